The number of hydrogen-bond donors (Lipinski definition) is 0. The number of alkyl halides is 3. The molecule has 0 saturated heterocycles. The first kappa shape index (κ1) is 23.1. The molecule has 0 N–H and O–H groups in total. The Morgan fingerprint density at radius 3 is 2.68 bits per heavy atom. The normalized spacial score (nSPS) is 20.0. The summed E-state index contributed by atoms with van der Waals surface area (Å²) in [6, 6.07) is 3.49. The van der Waals surface area contributed by atoms with Crippen molar-refractivity contribution in [2.75, 3.05) is 24.5 Å². The average Bonchev–Trinajstić information content (AvgIpc) is 3.20. The molecule has 11 heteroatoms. The summed E-state index contributed by atoms with van der Waals surface area (Å²) in [5.74, 6) is -2.04. The van der Waals surface area contributed by atoms with Crippen molar-refractivity contribution < 1.29 is 22.8 Å². The molecule has 0 bridgehead atoms. The lowest BCUT2D eigenvalue weighted by atomic mass is 10.2. The van der Waals surface area contributed by atoms with Crippen molar-refractivity contribution >= 4 is 29.1 Å². The van der Waals surface area contributed by atoms with E-state index in [4.69, 9.17) is 11.6 Å². The van der Waals surface area contributed by atoms with E-state index in [1.807, 2.05) is 0 Å². The van der Waals surface area contributed by atoms with Crippen LogP contribution in [0, 0.1) is 5.92 Å². The van der Waals surface area contributed by atoms with Gasteiger partial charge in [-0.1, -0.05) is 11.6 Å². The molecule has 3 rings (SSSR count). The Hall–Kier alpha value is -2.62. The van der Waals surface area contributed by atoms with Gasteiger partial charge in [0.15, 0.2) is 5.15 Å². The predicted molar refractivity (Wildman–Crippen MR) is 109 cm³/mol. The van der Waals surface area contributed by atoms with Crippen molar-refractivity contribution in [2.45, 2.75) is 38.8 Å². The summed E-state index contributed by atoms with van der Waals surface area (Å²) in [7, 11) is 0. The number of amides is 2. The smallest absolute Gasteiger partial charge is 0.255 e. The Bertz CT molecular complexity index is 938. The van der Waals surface area contributed by atoms with E-state index in [1.165, 1.54) is 16.5 Å². The summed E-state index contributed by atoms with van der Waals surface area (Å²) in [5.41, 5.74) is -0.680. The van der Waals surface area contributed by atoms with Crippen molar-refractivity contribution in [1.29, 1.82) is 0 Å². The predicted octanol–water partition coefficient (Wildman–Crippen LogP) is 3.51. The Balaban J connectivity index is 1.70. The number of aromatic nitrogens is 3. The van der Waals surface area contributed by atoms with Gasteiger partial charge in [-0.3, -0.25) is 14.6 Å². The molecule has 1 saturated carbocycles. The summed E-state index contributed by atoms with van der Waals surface area (Å²) in [6.07, 6.45) is 1.77. The SMILES string of the molecule is CCN(C(=O)CCN(CC(F)F)C(=O)C1CC1(C)F)c1cn(-c2cccnc2)nc1Cl. The van der Waals surface area contributed by atoms with E-state index in [2.05, 4.69) is 10.1 Å². The molecule has 2 atom stereocenters. The molecule has 1 aliphatic rings. The fraction of sp³-hybridized carbons (Fsp3) is 0.500. The maximum atomic E-state index is 13.9. The molecule has 31 heavy (non-hydrogen) atoms. The van der Waals surface area contributed by atoms with Crippen LogP contribution in [0.15, 0.2) is 30.7 Å². The second-order valence-corrected chi connectivity index (χ2v) is 7.92. The minimum atomic E-state index is -2.78. The molecular formula is C20H23ClF3N5O2. The van der Waals surface area contributed by atoms with Gasteiger partial charge in [0.2, 0.25) is 11.8 Å². The van der Waals surface area contributed by atoms with E-state index < -0.39 is 36.4 Å². The summed E-state index contributed by atoms with van der Waals surface area (Å²) in [6.45, 7) is 2.17. The van der Waals surface area contributed by atoms with Gasteiger partial charge in [0.25, 0.3) is 6.43 Å². The minimum absolute atomic E-state index is 0.00371. The fourth-order valence-corrected chi connectivity index (χ4v) is 3.59. The number of halogens is 4. The van der Waals surface area contributed by atoms with Crippen LogP contribution in [0.25, 0.3) is 5.69 Å². The molecule has 0 aromatic carbocycles. The Morgan fingerprint density at radius 1 is 1.42 bits per heavy atom. The highest BCUT2D eigenvalue weighted by atomic mass is 35.5. The van der Waals surface area contributed by atoms with E-state index in [1.54, 1.807) is 37.6 Å². The third-order valence-electron chi connectivity index (χ3n) is 5.20. The van der Waals surface area contributed by atoms with Gasteiger partial charge >= 0.3 is 0 Å². The molecule has 2 heterocycles. The van der Waals surface area contributed by atoms with E-state index in [9.17, 15) is 22.8 Å². The van der Waals surface area contributed by atoms with Crippen molar-refractivity contribution in [3.05, 3.63) is 35.9 Å². The van der Waals surface area contributed by atoms with Crippen LogP contribution < -0.4 is 4.90 Å². The van der Waals surface area contributed by atoms with Crippen LogP contribution >= 0.6 is 11.6 Å². The monoisotopic (exact) mass is 457 g/mol. The van der Waals surface area contributed by atoms with Crippen molar-refractivity contribution in [2.24, 2.45) is 5.92 Å². The Labute approximate surface area is 182 Å². The number of rotatable bonds is 9. The van der Waals surface area contributed by atoms with Crippen LogP contribution in [-0.2, 0) is 9.59 Å². The maximum Gasteiger partial charge on any atom is 0.255 e. The molecule has 168 valence electrons. The van der Waals surface area contributed by atoms with Gasteiger partial charge in [-0.05, 0) is 32.4 Å². The number of carbonyl (C=O) groups excluding carboxylic acids is 2. The fourth-order valence-electron chi connectivity index (χ4n) is 3.36. The van der Waals surface area contributed by atoms with Gasteiger partial charge < -0.3 is 9.80 Å². The second kappa shape index (κ2) is 9.25. The number of anilines is 1. The molecule has 0 spiro atoms. The molecule has 2 amide bonds. The highest BCUT2D eigenvalue weighted by molar-refractivity contribution is 6.32. The van der Waals surface area contributed by atoms with Crippen LogP contribution in [0.3, 0.4) is 0 Å². The molecule has 2 unspecified atom stereocenters. The molecule has 7 nitrogen and oxygen atoms in total. The van der Waals surface area contributed by atoms with E-state index >= 15 is 0 Å². The zero-order valence-corrected chi connectivity index (χ0v) is 17.9. The van der Waals surface area contributed by atoms with E-state index in [-0.39, 0.29) is 31.1 Å². The van der Waals surface area contributed by atoms with Crippen LogP contribution in [-0.4, -0.2) is 63.2 Å². The van der Waals surface area contributed by atoms with Crippen molar-refractivity contribution in [1.82, 2.24) is 19.7 Å². The number of carbonyl (C=O) groups is 2. The van der Waals surface area contributed by atoms with Gasteiger partial charge in [-0.25, -0.2) is 17.9 Å². The first-order valence-electron chi connectivity index (χ1n) is 9.85. The highest BCUT2D eigenvalue weighted by Crippen LogP contribution is 2.47. The molecule has 0 aliphatic heterocycles. The maximum absolute atomic E-state index is 13.9. The van der Waals surface area contributed by atoms with Gasteiger partial charge in [-0.15, -0.1) is 0 Å². The first-order chi connectivity index (χ1) is 14.6. The summed E-state index contributed by atoms with van der Waals surface area (Å²) >= 11 is 6.22. The lowest BCUT2D eigenvalue weighted by molar-refractivity contribution is -0.136. The highest BCUT2D eigenvalue weighted by Gasteiger charge is 2.57. The Kier molecular flexibility index (Phi) is 6.88. The molecule has 2 aromatic heterocycles. The molecule has 0 radical (unpaired) electrons. The minimum Gasteiger partial charge on any atom is -0.336 e. The van der Waals surface area contributed by atoms with Gasteiger partial charge in [0.1, 0.15) is 11.4 Å². The van der Waals surface area contributed by atoms with Gasteiger partial charge in [0.05, 0.1) is 30.5 Å². The third kappa shape index (κ3) is 5.36. The number of nitrogens with zero attached hydrogens (tertiary/aromatic N) is 5. The lowest BCUT2D eigenvalue weighted by Gasteiger charge is -2.25. The summed E-state index contributed by atoms with van der Waals surface area (Å²) in [5, 5.41) is 4.27. The van der Waals surface area contributed by atoms with E-state index in [0.717, 1.165) is 4.90 Å². The largest absolute Gasteiger partial charge is 0.336 e. The molecule has 2 aromatic rings. The number of pyridine rings is 1. The second-order valence-electron chi connectivity index (χ2n) is 7.56. The van der Waals surface area contributed by atoms with Gasteiger partial charge in [0, 0.05) is 25.7 Å². The van der Waals surface area contributed by atoms with E-state index in [0.29, 0.717) is 11.4 Å². The quantitative estimate of drug-likeness (QED) is 0.577. The zero-order chi connectivity index (χ0) is 22.8. The average molecular weight is 458 g/mol. The molecule has 1 aliphatic carbocycles. The van der Waals surface area contributed by atoms with Gasteiger partial charge in [-0.2, -0.15) is 5.10 Å². The molecule has 1 fully saturated rings. The van der Waals surface area contributed by atoms with Crippen LogP contribution in [0.4, 0.5) is 18.9 Å². The summed E-state index contributed by atoms with van der Waals surface area (Å²) in [4.78, 5) is 31.4. The first-order valence-corrected chi connectivity index (χ1v) is 10.2. The topological polar surface area (TPSA) is 71.3 Å². The van der Waals surface area contributed by atoms with Crippen LogP contribution in [0.2, 0.25) is 5.15 Å². The van der Waals surface area contributed by atoms with Crippen molar-refractivity contribution in [3.8, 4) is 5.69 Å². The standard InChI is InChI=1S/C20H23ClF3N5O2/c1-3-28(15-11-29(26-18(15)21)13-5-4-7-25-10-13)17(30)6-8-27(12-16(22)23)19(31)14-9-20(14,2)24/h4-5,7,10-11,14,16H,3,6,8-9,12H2,1-2H3. The summed E-state index contributed by atoms with van der Waals surface area (Å²) < 4.78 is 41.2. The number of hydrogen-bond acceptors (Lipinski definition) is 4. The van der Waals surface area contributed by atoms with Crippen LogP contribution in [0.1, 0.15) is 26.7 Å². The van der Waals surface area contributed by atoms with Crippen LogP contribution in [0.5, 0.6) is 0 Å². The molecular weight excluding hydrogens is 435 g/mol. The lowest BCUT2D eigenvalue weighted by Crippen LogP contribution is -2.41. The van der Waals surface area contributed by atoms with Crippen molar-refractivity contribution in [3.63, 3.8) is 0 Å². The zero-order valence-electron chi connectivity index (χ0n) is 17.1. The Morgan fingerprint density at radius 2 is 2.13 bits per heavy atom. The third-order valence-corrected chi connectivity index (χ3v) is 5.47.